The molecule has 1 saturated heterocycles. The molecular formula is C22H24N4O3. The average Bonchev–Trinajstić information content (AvgIpc) is 3.38. The minimum Gasteiger partial charge on any atom is -0.481 e. The molecule has 3 aliphatic rings. The summed E-state index contributed by atoms with van der Waals surface area (Å²) in [5, 5.41) is 9.74. The molecule has 1 aromatic carbocycles. The molecule has 5 rings (SSSR count). The molecule has 1 N–H and O–H groups in total. The number of hydrazone groups is 1. The Morgan fingerprint density at radius 1 is 1.31 bits per heavy atom. The normalized spacial score (nSPS) is 25.0. The number of aryl methyl sites for hydroxylation is 1. The number of pyridine rings is 1. The van der Waals surface area contributed by atoms with Crippen molar-refractivity contribution in [1.82, 2.24) is 9.99 Å². The number of fused-ring (bicyclic) bond motifs is 3. The zero-order valence-corrected chi connectivity index (χ0v) is 16.8. The molecule has 4 heterocycles. The Kier molecular flexibility index (Phi) is 4.28. The van der Waals surface area contributed by atoms with E-state index in [9.17, 15) is 4.79 Å². The van der Waals surface area contributed by atoms with E-state index in [0.717, 1.165) is 46.5 Å². The maximum absolute atomic E-state index is 12.8. The second-order valence-corrected chi connectivity index (χ2v) is 7.87. The van der Waals surface area contributed by atoms with Crippen molar-refractivity contribution in [3.63, 3.8) is 0 Å². The highest BCUT2D eigenvalue weighted by Gasteiger charge is 2.45. The van der Waals surface area contributed by atoms with Crippen LogP contribution in [0.25, 0.3) is 11.1 Å². The highest BCUT2D eigenvalue weighted by atomic mass is 16.5. The molecule has 29 heavy (non-hydrogen) atoms. The zero-order chi connectivity index (χ0) is 20.1. The Balaban J connectivity index is 1.58. The highest BCUT2D eigenvalue weighted by Crippen LogP contribution is 2.44. The molecule has 2 aromatic rings. The van der Waals surface area contributed by atoms with Crippen LogP contribution in [-0.4, -0.2) is 48.5 Å². The number of nitrogens with one attached hydrogen (secondary N) is 1. The second kappa shape index (κ2) is 6.84. The number of carbonyl (C=O) groups excluding carboxylic acids is 1. The number of nitrogens with zero attached hydrogens (tertiary/aromatic N) is 3. The van der Waals surface area contributed by atoms with Crippen LogP contribution in [0.3, 0.4) is 0 Å². The molecule has 3 atom stereocenters. The number of anilines is 1. The van der Waals surface area contributed by atoms with Crippen molar-refractivity contribution < 1.29 is 14.3 Å². The van der Waals surface area contributed by atoms with Gasteiger partial charge in [-0.1, -0.05) is 12.1 Å². The van der Waals surface area contributed by atoms with E-state index in [2.05, 4.69) is 38.6 Å². The van der Waals surface area contributed by atoms with Crippen LogP contribution in [0.4, 0.5) is 5.69 Å². The fraction of sp³-hybridized carbons (Fsp3) is 0.409. The lowest BCUT2D eigenvalue weighted by atomic mass is 9.86. The summed E-state index contributed by atoms with van der Waals surface area (Å²) < 4.78 is 11.0. The summed E-state index contributed by atoms with van der Waals surface area (Å²) in [5.41, 5.74) is 6.11. The smallest absolute Gasteiger partial charge is 0.235 e. The van der Waals surface area contributed by atoms with Gasteiger partial charge in [-0.2, -0.15) is 5.10 Å². The summed E-state index contributed by atoms with van der Waals surface area (Å²) in [6.07, 6.45) is 4.53. The van der Waals surface area contributed by atoms with E-state index in [4.69, 9.17) is 9.47 Å². The van der Waals surface area contributed by atoms with Gasteiger partial charge >= 0.3 is 0 Å². The molecule has 7 nitrogen and oxygen atoms in total. The van der Waals surface area contributed by atoms with Gasteiger partial charge in [-0.05, 0) is 43.0 Å². The zero-order valence-electron chi connectivity index (χ0n) is 16.8. The Bertz CT molecular complexity index is 1010. The first-order valence-electron chi connectivity index (χ1n) is 9.94. The Labute approximate surface area is 169 Å². The first-order valence-corrected chi connectivity index (χ1v) is 9.94. The fourth-order valence-electron chi connectivity index (χ4n) is 4.73. The lowest BCUT2D eigenvalue weighted by Crippen LogP contribution is -2.41. The third kappa shape index (κ3) is 2.80. The van der Waals surface area contributed by atoms with E-state index < -0.39 is 0 Å². The van der Waals surface area contributed by atoms with Gasteiger partial charge in [-0.3, -0.25) is 9.80 Å². The predicted molar refractivity (Wildman–Crippen MR) is 110 cm³/mol. The number of aromatic nitrogens is 1. The van der Waals surface area contributed by atoms with Gasteiger partial charge in [0.05, 0.1) is 25.8 Å². The van der Waals surface area contributed by atoms with Crippen molar-refractivity contribution >= 4 is 17.8 Å². The van der Waals surface area contributed by atoms with Crippen LogP contribution in [-0.2, 0) is 9.53 Å². The second-order valence-electron chi connectivity index (χ2n) is 7.87. The quantitative estimate of drug-likeness (QED) is 0.869. The van der Waals surface area contributed by atoms with Gasteiger partial charge in [0.15, 0.2) is 0 Å². The molecular weight excluding hydrogens is 368 g/mol. The van der Waals surface area contributed by atoms with Crippen LogP contribution in [0.5, 0.6) is 5.88 Å². The van der Waals surface area contributed by atoms with Crippen molar-refractivity contribution in [3.8, 4) is 17.0 Å². The van der Waals surface area contributed by atoms with Gasteiger partial charge in [0.2, 0.25) is 11.8 Å². The molecule has 0 aliphatic carbocycles. The van der Waals surface area contributed by atoms with E-state index in [0.29, 0.717) is 12.5 Å². The topological polar surface area (TPSA) is 76.0 Å². The number of rotatable bonds is 3. The number of amides is 1. The molecule has 1 aromatic heterocycles. The fourth-order valence-corrected chi connectivity index (χ4v) is 4.73. The van der Waals surface area contributed by atoms with Gasteiger partial charge in [-0.15, -0.1) is 0 Å². The van der Waals surface area contributed by atoms with Gasteiger partial charge < -0.3 is 14.8 Å². The molecule has 0 radical (unpaired) electrons. The number of hydrogen-bond acceptors (Lipinski definition) is 6. The van der Waals surface area contributed by atoms with Crippen LogP contribution in [0.2, 0.25) is 0 Å². The summed E-state index contributed by atoms with van der Waals surface area (Å²) in [5.74, 6) is 0.341. The molecule has 1 unspecified atom stereocenters. The van der Waals surface area contributed by atoms with Gasteiger partial charge in [-0.25, -0.2) is 4.98 Å². The minimum absolute atomic E-state index is 0.00873. The van der Waals surface area contributed by atoms with E-state index in [1.807, 2.05) is 20.0 Å². The number of ether oxygens (including phenoxy) is 2. The van der Waals surface area contributed by atoms with Crippen molar-refractivity contribution in [1.29, 1.82) is 0 Å². The molecule has 1 amide bonds. The molecule has 7 heteroatoms. The average molecular weight is 392 g/mol. The first-order chi connectivity index (χ1) is 14.1. The van der Waals surface area contributed by atoms with Crippen LogP contribution in [0, 0.1) is 19.8 Å². The molecule has 3 aliphatic heterocycles. The Morgan fingerprint density at radius 2 is 2.17 bits per heavy atom. The van der Waals surface area contributed by atoms with E-state index in [1.54, 1.807) is 13.3 Å². The van der Waals surface area contributed by atoms with E-state index in [1.165, 1.54) is 0 Å². The summed E-state index contributed by atoms with van der Waals surface area (Å²) in [6.45, 7) is 5.45. The van der Waals surface area contributed by atoms with Crippen LogP contribution in [0.15, 0.2) is 29.5 Å². The lowest BCUT2D eigenvalue weighted by molar-refractivity contribution is -0.119. The van der Waals surface area contributed by atoms with Crippen LogP contribution in [0.1, 0.15) is 29.2 Å². The first kappa shape index (κ1) is 18.1. The van der Waals surface area contributed by atoms with Crippen molar-refractivity contribution in [3.05, 3.63) is 41.1 Å². The molecule has 0 bridgehead atoms. The summed E-state index contributed by atoms with van der Waals surface area (Å²) in [7, 11) is 1.63. The largest absolute Gasteiger partial charge is 0.481 e. The number of carbonyl (C=O) groups is 1. The van der Waals surface area contributed by atoms with E-state index >= 15 is 0 Å². The van der Waals surface area contributed by atoms with Gasteiger partial charge in [0.1, 0.15) is 5.92 Å². The molecule has 0 spiro atoms. The summed E-state index contributed by atoms with van der Waals surface area (Å²) >= 11 is 0. The van der Waals surface area contributed by atoms with Crippen LogP contribution >= 0.6 is 0 Å². The van der Waals surface area contributed by atoms with Crippen molar-refractivity contribution in [2.45, 2.75) is 32.4 Å². The van der Waals surface area contributed by atoms with Gasteiger partial charge in [0, 0.05) is 35.8 Å². The van der Waals surface area contributed by atoms with Crippen molar-refractivity contribution in [2.24, 2.45) is 11.0 Å². The maximum Gasteiger partial charge on any atom is 0.235 e. The standard InChI is InChI=1S/C22H24N4O3/c1-12-9-23-22(28-3)13(2)19(12)14-4-5-16-18(8-14)25-21(27)17-10-24-26(20(16)17)15-6-7-29-11-15/h4-5,8-10,15,17,20H,6-7,11H2,1-3H3,(H,25,27)/t15-,17-,20?/m0/s1. The van der Waals surface area contributed by atoms with E-state index in [-0.39, 0.29) is 23.9 Å². The summed E-state index contributed by atoms with van der Waals surface area (Å²) in [6, 6.07) is 6.43. The maximum atomic E-state index is 12.8. The Hall–Kier alpha value is -2.93. The summed E-state index contributed by atoms with van der Waals surface area (Å²) in [4.78, 5) is 17.1. The lowest BCUT2D eigenvalue weighted by Gasteiger charge is -2.35. The highest BCUT2D eigenvalue weighted by molar-refractivity contribution is 6.06. The third-order valence-electron chi connectivity index (χ3n) is 6.15. The SMILES string of the molecule is COc1ncc(C)c(-c2ccc3c(c2)NC(=O)[C@H]2C=NN([C@H]4CCOC4)C32)c1C. The monoisotopic (exact) mass is 392 g/mol. The number of hydrogen-bond donors (Lipinski definition) is 1. The Morgan fingerprint density at radius 3 is 2.93 bits per heavy atom. The third-order valence-corrected chi connectivity index (χ3v) is 6.15. The molecule has 0 saturated carbocycles. The van der Waals surface area contributed by atoms with Gasteiger partial charge in [0.25, 0.3) is 0 Å². The van der Waals surface area contributed by atoms with Crippen LogP contribution < -0.4 is 10.1 Å². The molecule has 1 fully saturated rings. The number of methoxy groups -OCH3 is 1. The predicted octanol–water partition coefficient (Wildman–Crippen LogP) is 3.07. The molecule has 150 valence electrons. The van der Waals surface area contributed by atoms with Crippen molar-refractivity contribution in [2.75, 3.05) is 25.6 Å². The minimum atomic E-state index is -0.265. The number of benzene rings is 1.